The van der Waals surface area contributed by atoms with Crippen LogP contribution in [0.3, 0.4) is 0 Å². The van der Waals surface area contributed by atoms with E-state index in [2.05, 4.69) is 71.7 Å². The molecule has 0 unspecified atom stereocenters. The fraction of sp³-hybridized carbons (Fsp3) is 0.769. The zero-order chi connectivity index (χ0) is 22.4. The number of aliphatic hydroxyl groups is 1. The summed E-state index contributed by atoms with van der Waals surface area (Å²) in [4.78, 5) is 2.30. The lowest BCUT2D eigenvalue weighted by atomic mass is 9.80. The fourth-order valence-corrected chi connectivity index (χ4v) is 4.19. The largest absolute Gasteiger partial charge is 0.491 e. The number of ether oxygens (including phenoxy) is 2. The van der Waals surface area contributed by atoms with Crippen LogP contribution in [0.15, 0.2) is 18.2 Å². The number of aliphatic hydroxyl groups excluding tert-OH is 1. The minimum absolute atomic E-state index is 0.0113. The van der Waals surface area contributed by atoms with Gasteiger partial charge in [0.2, 0.25) is 0 Å². The molecule has 4 nitrogen and oxygen atoms in total. The molecule has 1 saturated carbocycles. The molecule has 0 radical (unpaired) electrons. The van der Waals surface area contributed by atoms with Crippen LogP contribution < -0.4 is 4.74 Å². The third-order valence-electron chi connectivity index (χ3n) is 6.15. The molecule has 0 heterocycles. The van der Waals surface area contributed by atoms with Gasteiger partial charge in [0.25, 0.3) is 0 Å². The first-order valence-corrected chi connectivity index (χ1v) is 11.7. The maximum atomic E-state index is 10.3. The summed E-state index contributed by atoms with van der Waals surface area (Å²) in [6.45, 7) is 15.4. The summed E-state index contributed by atoms with van der Waals surface area (Å²) in [5.41, 5.74) is 2.67. The zero-order valence-corrected chi connectivity index (χ0v) is 20.5. The van der Waals surface area contributed by atoms with Gasteiger partial charge in [-0.25, -0.2) is 0 Å². The number of nitrogens with zero attached hydrogens (tertiary/aromatic N) is 1. The van der Waals surface area contributed by atoms with Gasteiger partial charge in [0.15, 0.2) is 0 Å². The quantitative estimate of drug-likeness (QED) is 0.551. The first kappa shape index (κ1) is 25.2. The minimum Gasteiger partial charge on any atom is -0.491 e. The molecule has 172 valence electrons. The number of likely N-dealkylation sites (N-methyl/N-ethyl adjacent to an activating group) is 1. The van der Waals surface area contributed by atoms with Crippen LogP contribution in [0.4, 0.5) is 0 Å². The highest BCUT2D eigenvalue weighted by Gasteiger charge is 2.23. The predicted octanol–water partition coefficient (Wildman–Crippen LogP) is 5.30. The van der Waals surface area contributed by atoms with E-state index in [4.69, 9.17) is 9.47 Å². The molecule has 0 aliphatic heterocycles. The van der Waals surface area contributed by atoms with E-state index in [1.807, 2.05) is 0 Å². The molecule has 1 N–H and O–H groups in total. The molecule has 0 aromatic heterocycles. The van der Waals surface area contributed by atoms with E-state index >= 15 is 0 Å². The molecule has 1 atom stereocenters. The fourth-order valence-electron chi connectivity index (χ4n) is 4.19. The Balaban J connectivity index is 1.78. The highest BCUT2D eigenvalue weighted by atomic mass is 16.5. The molecular formula is C26H45NO3. The molecule has 1 aliphatic carbocycles. The van der Waals surface area contributed by atoms with Crippen LogP contribution in [0.5, 0.6) is 5.75 Å². The van der Waals surface area contributed by atoms with Crippen molar-refractivity contribution in [2.45, 2.75) is 96.6 Å². The lowest BCUT2D eigenvalue weighted by Crippen LogP contribution is -2.40. The van der Waals surface area contributed by atoms with Crippen molar-refractivity contribution in [3.8, 4) is 5.75 Å². The second-order valence-electron chi connectivity index (χ2n) is 11.0. The highest BCUT2D eigenvalue weighted by molar-refractivity contribution is 5.43. The average Bonchev–Trinajstić information content (AvgIpc) is 2.67. The molecule has 1 aromatic carbocycles. The van der Waals surface area contributed by atoms with Crippen LogP contribution in [0.1, 0.15) is 84.8 Å². The first-order valence-electron chi connectivity index (χ1n) is 11.7. The SMILES string of the molecule is CN(C[C@@H](O)COCCOc1ccc(C(C)(C)C)cc1C(C)(C)C)C1CCCCC1. The van der Waals surface area contributed by atoms with Gasteiger partial charge >= 0.3 is 0 Å². The van der Waals surface area contributed by atoms with Gasteiger partial charge in [-0.15, -0.1) is 0 Å². The third-order valence-corrected chi connectivity index (χ3v) is 6.15. The second-order valence-corrected chi connectivity index (χ2v) is 11.0. The number of hydrogen-bond donors (Lipinski definition) is 1. The Morgan fingerprint density at radius 1 is 1.00 bits per heavy atom. The summed E-state index contributed by atoms with van der Waals surface area (Å²) in [7, 11) is 2.12. The van der Waals surface area contributed by atoms with Gasteiger partial charge in [0.05, 0.1) is 19.3 Å². The average molecular weight is 420 g/mol. The standard InChI is InChI=1S/C26H45NO3/c1-25(2,3)20-13-14-24(23(17-20)26(4,5)6)30-16-15-29-19-22(28)18-27(7)21-11-9-8-10-12-21/h13-14,17,21-22,28H,8-12,15-16,18-19H2,1-7H3/t22-/m1/s1. The van der Waals surface area contributed by atoms with E-state index in [1.165, 1.54) is 43.2 Å². The number of benzene rings is 1. The lowest BCUT2D eigenvalue weighted by Gasteiger charge is -2.32. The van der Waals surface area contributed by atoms with Crippen LogP contribution in [-0.4, -0.2) is 55.6 Å². The molecule has 0 spiro atoms. The summed E-state index contributed by atoms with van der Waals surface area (Å²) in [5, 5.41) is 10.3. The minimum atomic E-state index is -0.451. The van der Waals surface area contributed by atoms with Gasteiger partial charge < -0.3 is 19.5 Å². The summed E-state index contributed by atoms with van der Waals surface area (Å²) in [6.07, 6.45) is 6.03. The Hall–Kier alpha value is -1.10. The summed E-state index contributed by atoms with van der Waals surface area (Å²) < 4.78 is 11.8. The summed E-state index contributed by atoms with van der Waals surface area (Å²) in [5.74, 6) is 0.927. The van der Waals surface area contributed by atoms with Crippen LogP contribution in [0, 0.1) is 0 Å². The van der Waals surface area contributed by atoms with E-state index in [0.29, 0.717) is 32.4 Å². The Kier molecular flexibility index (Phi) is 9.20. The zero-order valence-electron chi connectivity index (χ0n) is 20.5. The smallest absolute Gasteiger partial charge is 0.123 e. The van der Waals surface area contributed by atoms with Crippen molar-refractivity contribution in [3.63, 3.8) is 0 Å². The van der Waals surface area contributed by atoms with Gasteiger partial charge in [-0.3, -0.25) is 0 Å². The Morgan fingerprint density at radius 2 is 1.67 bits per heavy atom. The third kappa shape index (κ3) is 7.86. The normalized spacial score (nSPS) is 17.4. The van der Waals surface area contributed by atoms with Crippen molar-refractivity contribution in [2.24, 2.45) is 0 Å². The molecule has 0 bridgehead atoms. The van der Waals surface area contributed by atoms with Crippen LogP contribution in [0.25, 0.3) is 0 Å². The van der Waals surface area contributed by atoms with E-state index in [0.717, 1.165) is 5.75 Å². The van der Waals surface area contributed by atoms with Crippen molar-refractivity contribution in [1.82, 2.24) is 4.90 Å². The molecule has 1 aliphatic rings. The van der Waals surface area contributed by atoms with Gasteiger partial charge in [-0.1, -0.05) is 72.9 Å². The van der Waals surface area contributed by atoms with Gasteiger partial charge in [-0.2, -0.15) is 0 Å². The lowest BCUT2D eigenvalue weighted by molar-refractivity contribution is 0.00314. The van der Waals surface area contributed by atoms with Gasteiger partial charge in [0.1, 0.15) is 12.4 Å². The summed E-state index contributed by atoms with van der Waals surface area (Å²) in [6, 6.07) is 7.15. The maximum Gasteiger partial charge on any atom is 0.123 e. The molecular weight excluding hydrogens is 374 g/mol. The maximum absolute atomic E-state index is 10.3. The topological polar surface area (TPSA) is 41.9 Å². The molecule has 1 fully saturated rings. The van der Waals surface area contributed by atoms with E-state index < -0.39 is 6.10 Å². The van der Waals surface area contributed by atoms with Crippen molar-refractivity contribution >= 4 is 0 Å². The summed E-state index contributed by atoms with van der Waals surface area (Å²) >= 11 is 0. The number of hydrogen-bond acceptors (Lipinski definition) is 4. The highest BCUT2D eigenvalue weighted by Crippen LogP contribution is 2.35. The van der Waals surface area contributed by atoms with Gasteiger partial charge in [0, 0.05) is 12.6 Å². The van der Waals surface area contributed by atoms with E-state index in [9.17, 15) is 5.11 Å². The molecule has 0 saturated heterocycles. The van der Waals surface area contributed by atoms with Crippen LogP contribution in [-0.2, 0) is 15.6 Å². The van der Waals surface area contributed by atoms with Crippen molar-refractivity contribution in [3.05, 3.63) is 29.3 Å². The molecule has 4 heteroatoms. The Labute approximate surface area is 185 Å². The van der Waals surface area contributed by atoms with Crippen molar-refractivity contribution < 1.29 is 14.6 Å². The molecule has 1 aromatic rings. The van der Waals surface area contributed by atoms with Crippen LogP contribution >= 0.6 is 0 Å². The van der Waals surface area contributed by atoms with Crippen molar-refractivity contribution in [2.75, 3.05) is 33.4 Å². The van der Waals surface area contributed by atoms with Crippen molar-refractivity contribution in [1.29, 1.82) is 0 Å². The molecule has 30 heavy (non-hydrogen) atoms. The first-order chi connectivity index (χ1) is 14.0. The Morgan fingerprint density at radius 3 is 2.27 bits per heavy atom. The van der Waals surface area contributed by atoms with E-state index in [-0.39, 0.29) is 10.8 Å². The second kappa shape index (κ2) is 11.0. The number of rotatable bonds is 9. The predicted molar refractivity (Wildman–Crippen MR) is 126 cm³/mol. The van der Waals surface area contributed by atoms with Crippen LogP contribution in [0.2, 0.25) is 0 Å². The molecule has 2 rings (SSSR count). The Bertz CT molecular complexity index is 639. The molecule has 0 amide bonds. The van der Waals surface area contributed by atoms with Gasteiger partial charge in [-0.05, 0) is 47.9 Å². The monoisotopic (exact) mass is 419 g/mol. The van der Waals surface area contributed by atoms with E-state index in [1.54, 1.807) is 0 Å².